The fourth-order valence-corrected chi connectivity index (χ4v) is 5.20. The van der Waals surface area contributed by atoms with E-state index in [4.69, 9.17) is 4.42 Å². The van der Waals surface area contributed by atoms with Gasteiger partial charge in [0, 0.05) is 48.1 Å². The third kappa shape index (κ3) is 4.62. The van der Waals surface area contributed by atoms with Gasteiger partial charge in [0.05, 0.1) is 6.20 Å². The Bertz CT molecular complexity index is 1090. The second kappa shape index (κ2) is 9.12. The summed E-state index contributed by atoms with van der Waals surface area (Å²) < 4.78 is 5.66. The predicted octanol–water partition coefficient (Wildman–Crippen LogP) is 4.12. The number of piperidine rings is 2. The SMILES string of the molecule is Cc1ncc(-c2ccc3cnc(CC(=O)C4CCN(C5CCN(C)CC5)CC4)cc3c2)o1. The lowest BCUT2D eigenvalue weighted by Gasteiger charge is -2.40. The minimum Gasteiger partial charge on any atom is -0.441 e. The van der Waals surface area contributed by atoms with Gasteiger partial charge in [-0.15, -0.1) is 0 Å². The quantitative estimate of drug-likeness (QED) is 0.605. The molecule has 3 aromatic rings. The van der Waals surface area contributed by atoms with Gasteiger partial charge in [0.2, 0.25) is 0 Å². The van der Waals surface area contributed by atoms with Crippen LogP contribution in [-0.4, -0.2) is 64.8 Å². The average molecular weight is 433 g/mol. The standard InChI is InChI=1S/C26H32N4O2/c1-18-27-17-26(32-18)20-3-4-21-16-28-23(14-22(21)13-20)15-25(31)19-5-11-30(12-6-19)24-7-9-29(2)10-8-24/h3-4,13-14,16-17,19,24H,5-12,15H2,1-2H3. The van der Waals surface area contributed by atoms with Crippen molar-refractivity contribution in [2.45, 2.75) is 45.1 Å². The number of Topliss-reactive ketones (excluding diaryl/α,β-unsaturated/α-hetero) is 1. The summed E-state index contributed by atoms with van der Waals surface area (Å²) in [4.78, 5) is 26.8. The molecule has 168 valence electrons. The molecule has 0 amide bonds. The van der Waals surface area contributed by atoms with Crippen LogP contribution in [0.2, 0.25) is 0 Å². The Morgan fingerprint density at radius 3 is 2.50 bits per heavy atom. The van der Waals surface area contributed by atoms with Gasteiger partial charge in [0.25, 0.3) is 0 Å². The van der Waals surface area contributed by atoms with E-state index in [1.54, 1.807) is 6.20 Å². The molecule has 0 bridgehead atoms. The van der Waals surface area contributed by atoms with Gasteiger partial charge in [-0.1, -0.05) is 12.1 Å². The highest BCUT2D eigenvalue weighted by Crippen LogP contribution is 2.27. The molecule has 0 N–H and O–H groups in total. The molecular formula is C26H32N4O2. The Kier molecular flexibility index (Phi) is 6.07. The summed E-state index contributed by atoms with van der Waals surface area (Å²) >= 11 is 0. The van der Waals surface area contributed by atoms with Crippen molar-refractivity contribution in [3.63, 3.8) is 0 Å². The number of likely N-dealkylation sites (tertiary alicyclic amines) is 2. The zero-order valence-corrected chi connectivity index (χ0v) is 19.1. The summed E-state index contributed by atoms with van der Waals surface area (Å²) in [6.07, 6.45) is 8.51. The third-order valence-corrected chi connectivity index (χ3v) is 7.23. The molecule has 1 aromatic carbocycles. The molecule has 0 spiro atoms. The van der Waals surface area contributed by atoms with E-state index in [-0.39, 0.29) is 5.92 Å². The highest BCUT2D eigenvalue weighted by atomic mass is 16.4. The molecule has 6 heteroatoms. The highest BCUT2D eigenvalue weighted by Gasteiger charge is 2.30. The van der Waals surface area contributed by atoms with Gasteiger partial charge in [-0.2, -0.15) is 0 Å². The van der Waals surface area contributed by atoms with Crippen LogP contribution < -0.4 is 0 Å². The molecule has 6 nitrogen and oxygen atoms in total. The summed E-state index contributed by atoms with van der Waals surface area (Å²) in [6, 6.07) is 8.90. The first-order valence-electron chi connectivity index (χ1n) is 11.8. The van der Waals surface area contributed by atoms with Crippen LogP contribution >= 0.6 is 0 Å². The number of ketones is 1. The van der Waals surface area contributed by atoms with Crippen LogP contribution in [0.3, 0.4) is 0 Å². The molecule has 0 saturated carbocycles. The van der Waals surface area contributed by atoms with Crippen molar-refractivity contribution in [2.24, 2.45) is 5.92 Å². The van der Waals surface area contributed by atoms with Gasteiger partial charge in [-0.3, -0.25) is 9.78 Å². The molecule has 2 saturated heterocycles. The van der Waals surface area contributed by atoms with E-state index in [2.05, 4.69) is 32.9 Å². The maximum Gasteiger partial charge on any atom is 0.191 e. The van der Waals surface area contributed by atoms with E-state index in [0.29, 0.717) is 24.1 Å². The van der Waals surface area contributed by atoms with Crippen LogP contribution in [0.5, 0.6) is 0 Å². The van der Waals surface area contributed by atoms with E-state index in [9.17, 15) is 4.79 Å². The van der Waals surface area contributed by atoms with Gasteiger partial charge in [-0.05, 0) is 76.4 Å². The molecule has 0 unspecified atom stereocenters. The minimum absolute atomic E-state index is 0.165. The Morgan fingerprint density at radius 1 is 1.00 bits per heavy atom. The number of benzene rings is 1. The number of aryl methyl sites for hydroxylation is 1. The molecule has 2 aromatic heterocycles. The first-order chi connectivity index (χ1) is 15.5. The number of rotatable bonds is 5. The number of hydrogen-bond acceptors (Lipinski definition) is 6. The number of aromatic nitrogens is 2. The van der Waals surface area contributed by atoms with Crippen molar-refractivity contribution < 1.29 is 9.21 Å². The molecule has 0 aliphatic carbocycles. The maximum absolute atomic E-state index is 13.0. The van der Waals surface area contributed by atoms with Gasteiger partial charge in [-0.25, -0.2) is 4.98 Å². The van der Waals surface area contributed by atoms with Crippen molar-refractivity contribution in [3.05, 3.63) is 48.2 Å². The summed E-state index contributed by atoms with van der Waals surface area (Å²) in [7, 11) is 2.21. The van der Waals surface area contributed by atoms with E-state index >= 15 is 0 Å². The lowest BCUT2D eigenvalue weighted by Crippen LogP contribution is -2.47. The fourth-order valence-electron chi connectivity index (χ4n) is 5.20. The van der Waals surface area contributed by atoms with Crippen LogP contribution in [0.15, 0.2) is 41.1 Å². The maximum atomic E-state index is 13.0. The number of carbonyl (C=O) groups excluding carboxylic acids is 1. The van der Waals surface area contributed by atoms with Crippen molar-refractivity contribution in [3.8, 4) is 11.3 Å². The highest BCUT2D eigenvalue weighted by molar-refractivity contribution is 5.88. The molecule has 4 heterocycles. The van der Waals surface area contributed by atoms with Crippen LogP contribution in [0.4, 0.5) is 0 Å². The minimum atomic E-state index is 0.165. The van der Waals surface area contributed by atoms with Crippen LogP contribution in [0.1, 0.15) is 37.3 Å². The molecule has 0 radical (unpaired) electrons. The zero-order chi connectivity index (χ0) is 22.1. The second-order valence-electron chi connectivity index (χ2n) is 9.47. The lowest BCUT2D eigenvalue weighted by molar-refractivity contribution is -0.124. The van der Waals surface area contributed by atoms with Crippen LogP contribution in [0.25, 0.3) is 22.1 Å². The molecule has 2 aliphatic heterocycles. The molecule has 2 aliphatic rings. The average Bonchev–Trinajstić information content (AvgIpc) is 3.25. The second-order valence-corrected chi connectivity index (χ2v) is 9.47. The van der Waals surface area contributed by atoms with Crippen molar-refractivity contribution in [1.82, 2.24) is 19.8 Å². The van der Waals surface area contributed by atoms with Crippen molar-refractivity contribution >= 4 is 16.6 Å². The number of carbonyl (C=O) groups is 1. The summed E-state index contributed by atoms with van der Waals surface area (Å²) in [5.41, 5.74) is 1.84. The Labute approximate surface area is 189 Å². The molecular weight excluding hydrogens is 400 g/mol. The van der Waals surface area contributed by atoms with Crippen LogP contribution in [-0.2, 0) is 11.2 Å². The molecule has 2 fully saturated rings. The van der Waals surface area contributed by atoms with Crippen molar-refractivity contribution in [2.75, 3.05) is 33.2 Å². The van der Waals surface area contributed by atoms with Gasteiger partial charge in [0.1, 0.15) is 5.78 Å². The first kappa shape index (κ1) is 21.3. The monoisotopic (exact) mass is 432 g/mol. The number of fused-ring (bicyclic) bond motifs is 1. The van der Waals surface area contributed by atoms with Gasteiger partial charge in [0.15, 0.2) is 11.7 Å². The van der Waals surface area contributed by atoms with Crippen molar-refractivity contribution in [1.29, 1.82) is 0 Å². The van der Waals surface area contributed by atoms with Gasteiger partial charge < -0.3 is 14.2 Å². The Hall–Kier alpha value is -2.57. The summed E-state index contributed by atoms with van der Waals surface area (Å²) in [5, 5.41) is 2.14. The molecule has 32 heavy (non-hydrogen) atoms. The number of pyridine rings is 1. The zero-order valence-electron chi connectivity index (χ0n) is 19.1. The normalized spacial score (nSPS) is 19.6. The molecule has 0 atom stereocenters. The smallest absolute Gasteiger partial charge is 0.191 e. The lowest BCUT2D eigenvalue weighted by atomic mass is 9.88. The summed E-state index contributed by atoms with van der Waals surface area (Å²) in [5.74, 6) is 1.92. The Morgan fingerprint density at radius 2 is 1.78 bits per heavy atom. The van der Waals surface area contributed by atoms with Crippen LogP contribution in [0, 0.1) is 12.8 Å². The predicted molar refractivity (Wildman–Crippen MR) is 126 cm³/mol. The third-order valence-electron chi connectivity index (χ3n) is 7.23. The number of oxazole rings is 1. The van der Waals surface area contributed by atoms with Gasteiger partial charge >= 0.3 is 0 Å². The largest absolute Gasteiger partial charge is 0.441 e. The van der Waals surface area contributed by atoms with E-state index < -0.39 is 0 Å². The molecule has 5 rings (SSSR count). The number of hydrogen-bond donors (Lipinski definition) is 0. The topological polar surface area (TPSA) is 62.5 Å². The Balaban J connectivity index is 1.22. The van der Waals surface area contributed by atoms with E-state index in [1.807, 2.05) is 31.3 Å². The first-order valence-corrected chi connectivity index (χ1v) is 11.8. The number of nitrogens with zero attached hydrogens (tertiary/aromatic N) is 4. The van der Waals surface area contributed by atoms with E-state index in [0.717, 1.165) is 53.7 Å². The fraction of sp³-hybridized carbons (Fsp3) is 0.500. The van der Waals surface area contributed by atoms with E-state index in [1.165, 1.54) is 25.9 Å². The summed E-state index contributed by atoms with van der Waals surface area (Å²) in [6.45, 7) is 6.33.